The molecule has 3 rings (SSSR count). The van der Waals surface area contributed by atoms with Crippen molar-refractivity contribution in [3.8, 4) is 11.1 Å². The van der Waals surface area contributed by atoms with E-state index in [0.29, 0.717) is 18.7 Å². The summed E-state index contributed by atoms with van der Waals surface area (Å²) in [5.74, 6) is -0.396. The molecular weight excluding hydrogens is 342 g/mol. The number of carbonyl (C=O) groups excluding carboxylic acids is 2. The minimum Gasteiger partial charge on any atom is -0.396 e. The number of aliphatic hydroxyl groups is 1. The second-order valence-corrected chi connectivity index (χ2v) is 6.84. The second-order valence-electron chi connectivity index (χ2n) is 6.84. The third-order valence-corrected chi connectivity index (χ3v) is 4.80. The zero-order chi connectivity index (χ0) is 19.4. The van der Waals surface area contributed by atoms with Gasteiger partial charge in [-0.25, -0.2) is 0 Å². The van der Waals surface area contributed by atoms with E-state index < -0.39 is 6.04 Å². The van der Waals surface area contributed by atoms with Crippen LogP contribution in [0.5, 0.6) is 0 Å². The van der Waals surface area contributed by atoms with Gasteiger partial charge >= 0.3 is 0 Å². The number of nitrogens with zero attached hydrogens (tertiary/aromatic N) is 2. The van der Waals surface area contributed by atoms with Gasteiger partial charge in [-0.1, -0.05) is 24.3 Å². The first-order valence-corrected chi connectivity index (χ1v) is 9.08. The van der Waals surface area contributed by atoms with Crippen molar-refractivity contribution in [2.75, 3.05) is 38.7 Å². The number of benzene rings is 2. The van der Waals surface area contributed by atoms with E-state index in [1.165, 1.54) is 0 Å². The van der Waals surface area contributed by atoms with E-state index in [9.17, 15) is 14.7 Å². The average molecular weight is 367 g/mol. The van der Waals surface area contributed by atoms with E-state index in [-0.39, 0.29) is 24.8 Å². The lowest BCUT2D eigenvalue weighted by molar-refractivity contribution is -0.128. The summed E-state index contributed by atoms with van der Waals surface area (Å²) in [6, 6.07) is 14.9. The molecule has 0 aliphatic carbocycles. The third-order valence-electron chi connectivity index (χ3n) is 4.80. The Kier molecular flexibility index (Phi) is 5.76. The van der Waals surface area contributed by atoms with Crippen molar-refractivity contribution in [2.45, 2.75) is 12.5 Å². The number of carbonyl (C=O) groups is 2. The molecule has 1 atom stereocenters. The molecule has 1 fully saturated rings. The summed E-state index contributed by atoms with van der Waals surface area (Å²) in [5.41, 5.74) is 3.60. The lowest BCUT2D eigenvalue weighted by atomic mass is 10.0. The molecule has 2 amide bonds. The molecule has 6 heteroatoms. The van der Waals surface area contributed by atoms with Gasteiger partial charge < -0.3 is 20.2 Å². The Labute approximate surface area is 159 Å². The molecule has 0 bridgehead atoms. The monoisotopic (exact) mass is 367 g/mol. The van der Waals surface area contributed by atoms with E-state index in [1.54, 1.807) is 11.0 Å². The fraction of sp³-hybridized carbons (Fsp3) is 0.333. The highest BCUT2D eigenvalue weighted by Crippen LogP contribution is 2.25. The van der Waals surface area contributed by atoms with Gasteiger partial charge in [-0.15, -0.1) is 0 Å². The quantitative estimate of drug-likeness (QED) is 0.844. The number of piperazine rings is 1. The zero-order valence-electron chi connectivity index (χ0n) is 15.7. The van der Waals surface area contributed by atoms with Crippen LogP contribution in [0.4, 0.5) is 5.69 Å². The van der Waals surface area contributed by atoms with Crippen LogP contribution in [0.2, 0.25) is 0 Å². The summed E-state index contributed by atoms with van der Waals surface area (Å²) in [6.45, 7) is 0.728. The Bertz CT molecular complexity index is 835. The van der Waals surface area contributed by atoms with Crippen LogP contribution in [-0.2, 0) is 4.79 Å². The van der Waals surface area contributed by atoms with Crippen LogP contribution in [0, 0.1) is 0 Å². The van der Waals surface area contributed by atoms with Gasteiger partial charge in [-0.2, -0.15) is 0 Å². The van der Waals surface area contributed by atoms with Crippen LogP contribution in [0.1, 0.15) is 16.8 Å². The number of rotatable bonds is 5. The molecule has 0 radical (unpaired) electrons. The second kappa shape index (κ2) is 8.22. The Hall–Kier alpha value is -2.86. The van der Waals surface area contributed by atoms with Crippen molar-refractivity contribution < 1.29 is 14.7 Å². The van der Waals surface area contributed by atoms with E-state index in [4.69, 9.17) is 0 Å². The standard InChI is InChI=1S/C21H25N3O3/c1-23(2)18-8-4-6-16(14-18)15-5-3-7-17(13-15)21(27)24-11-10-22-20(26)19(24)9-12-25/h3-8,13-14,19,25H,9-12H2,1-2H3,(H,22,26)/t19-/m1/s1. The van der Waals surface area contributed by atoms with Crippen LogP contribution < -0.4 is 10.2 Å². The lowest BCUT2D eigenvalue weighted by Crippen LogP contribution is -2.57. The predicted molar refractivity (Wildman–Crippen MR) is 106 cm³/mol. The zero-order valence-corrected chi connectivity index (χ0v) is 15.7. The smallest absolute Gasteiger partial charge is 0.254 e. The third kappa shape index (κ3) is 4.11. The van der Waals surface area contributed by atoms with Gasteiger partial charge in [0.25, 0.3) is 5.91 Å². The SMILES string of the molecule is CN(C)c1cccc(-c2cccc(C(=O)N3CCNC(=O)[C@H]3CCO)c2)c1. The number of hydrogen-bond acceptors (Lipinski definition) is 4. The normalized spacial score (nSPS) is 16.8. The summed E-state index contributed by atoms with van der Waals surface area (Å²) in [5, 5.41) is 12.0. The summed E-state index contributed by atoms with van der Waals surface area (Å²) < 4.78 is 0. The van der Waals surface area contributed by atoms with Crippen LogP contribution in [0.3, 0.4) is 0 Å². The van der Waals surface area contributed by atoms with Crippen molar-refractivity contribution in [2.24, 2.45) is 0 Å². The van der Waals surface area contributed by atoms with Gasteiger partial charge in [0.1, 0.15) is 6.04 Å². The fourth-order valence-corrected chi connectivity index (χ4v) is 3.33. The number of amides is 2. The van der Waals surface area contributed by atoms with Crippen molar-refractivity contribution >= 4 is 17.5 Å². The van der Waals surface area contributed by atoms with E-state index in [0.717, 1.165) is 16.8 Å². The topological polar surface area (TPSA) is 72.9 Å². The van der Waals surface area contributed by atoms with Crippen LogP contribution in [0.15, 0.2) is 48.5 Å². The minimum atomic E-state index is -0.628. The molecule has 0 spiro atoms. The molecule has 0 aromatic heterocycles. The molecule has 142 valence electrons. The van der Waals surface area contributed by atoms with Gasteiger partial charge in [-0.05, 0) is 41.8 Å². The minimum absolute atomic E-state index is 0.140. The van der Waals surface area contributed by atoms with E-state index in [2.05, 4.69) is 11.4 Å². The van der Waals surface area contributed by atoms with Crippen molar-refractivity contribution in [3.63, 3.8) is 0 Å². The van der Waals surface area contributed by atoms with Gasteiger partial charge in [0.05, 0.1) is 0 Å². The van der Waals surface area contributed by atoms with Crippen LogP contribution in [0.25, 0.3) is 11.1 Å². The number of hydrogen-bond donors (Lipinski definition) is 2. The first kappa shape index (κ1) is 18.9. The molecular formula is C21H25N3O3. The Morgan fingerprint density at radius 2 is 1.89 bits per heavy atom. The highest BCUT2D eigenvalue weighted by Gasteiger charge is 2.33. The molecule has 27 heavy (non-hydrogen) atoms. The number of anilines is 1. The lowest BCUT2D eigenvalue weighted by Gasteiger charge is -2.35. The summed E-state index contributed by atoms with van der Waals surface area (Å²) in [6.07, 6.45) is 0.238. The molecule has 1 aliphatic rings. The highest BCUT2D eigenvalue weighted by molar-refractivity contribution is 5.99. The molecule has 0 saturated carbocycles. The Balaban J connectivity index is 1.89. The maximum Gasteiger partial charge on any atom is 0.254 e. The molecule has 0 unspecified atom stereocenters. The fourth-order valence-electron chi connectivity index (χ4n) is 3.33. The van der Waals surface area contributed by atoms with Crippen molar-refractivity contribution in [1.82, 2.24) is 10.2 Å². The predicted octanol–water partition coefficient (Wildman–Crippen LogP) is 1.74. The van der Waals surface area contributed by atoms with Crippen molar-refractivity contribution in [1.29, 1.82) is 0 Å². The maximum atomic E-state index is 13.0. The molecule has 2 aromatic carbocycles. The molecule has 6 nitrogen and oxygen atoms in total. The van der Waals surface area contributed by atoms with Crippen LogP contribution in [-0.4, -0.2) is 61.7 Å². The van der Waals surface area contributed by atoms with Crippen LogP contribution >= 0.6 is 0 Å². The maximum absolute atomic E-state index is 13.0. The molecule has 2 aromatic rings. The average Bonchev–Trinajstić information content (AvgIpc) is 2.69. The molecule has 1 saturated heterocycles. The van der Waals surface area contributed by atoms with E-state index >= 15 is 0 Å². The Morgan fingerprint density at radius 1 is 1.19 bits per heavy atom. The van der Waals surface area contributed by atoms with Gasteiger partial charge in [0.15, 0.2) is 0 Å². The van der Waals surface area contributed by atoms with Gasteiger partial charge in [0.2, 0.25) is 5.91 Å². The van der Waals surface area contributed by atoms with Crippen molar-refractivity contribution in [3.05, 3.63) is 54.1 Å². The number of nitrogens with one attached hydrogen (secondary N) is 1. The highest BCUT2D eigenvalue weighted by atomic mass is 16.3. The summed E-state index contributed by atoms with van der Waals surface area (Å²) in [4.78, 5) is 28.7. The number of aliphatic hydroxyl groups excluding tert-OH is 1. The first-order chi connectivity index (χ1) is 13.0. The van der Waals surface area contributed by atoms with Gasteiger partial charge in [0, 0.05) is 45.0 Å². The largest absolute Gasteiger partial charge is 0.396 e. The molecule has 1 heterocycles. The Morgan fingerprint density at radius 3 is 2.59 bits per heavy atom. The van der Waals surface area contributed by atoms with Gasteiger partial charge in [-0.3, -0.25) is 9.59 Å². The molecule has 1 aliphatic heterocycles. The van der Waals surface area contributed by atoms with E-state index in [1.807, 2.05) is 55.4 Å². The molecule has 2 N–H and O–H groups in total. The summed E-state index contributed by atoms with van der Waals surface area (Å²) in [7, 11) is 3.98. The summed E-state index contributed by atoms with van der Waals surface area (Å²) >= 11 is 0. The first-order valence-electron chi connectivity index (χ1n) is 9.08.